The van der Waals surface area contributed by atoms with Crippen molar-refractivity contribution >= 4 is 83.5 Å². The van der Waals surface area contributed by atoms with E-state index in [0.717, 1.165) is 102 Å². The van der Waals surface area contributed by atoms with Gasteiger partial charge < -0.3 is 28.9 Å². The molecule has 0 fully saturated rings. The third-order valence-electron chi connectivity index (χ3n) is 26.6. The first-order valence-corrected chi connectivity index (χ1v) is 42.6. The van der Waals surface area contributed by atoms with Crippen LogP contribution in [0.1, 0.15) is 115 Å². The summed E-state index contributed by atoms with van der Waals surface area (Å²) in [6.07, 6.45) is 0. The molecule has 0 aromatic heterocycles. The highest BCUT2D eigenvalue weighted by molar-refractivity contribution is 6.03. The summed E-state index contributed by atoms with van der Waals surface area (Å²) in [4.78, 5) is 7.24. The first kappa shape index (κ1) is 75.0. The molecule has 0 aliphatic heterocycles. The van der Waals surface area contributed by atoms with Gasteiger partial charge in [-0.1, -0.05) is 315 Å². The lowest BCUT2D eigenvalue weighted by Gasteiger charge is -2.32. The Balaban J connectivity index is 0.556. The first-order valence-electron chi connectivity index (χ1n) is 42.6. The molecule has 18 aromatic rings. The zero-order chi connectivity index (χ0) is 82.4. The van der Waals surface area contributed by atoms with Gasteiger partial charge in [0.1, 0.15) is 37.1 Å². The SMILES string of the molecule is CC1(C)c2ccccc2-c2ccc(N(c3ccc(COc4ccc(C(C)(c5ccc(OCc6ccc(N(c7ccc8c(c7)C(C)(C)c7ccccc7-8)c7cccc8ccccc78)cc6)cc5)c5ccc(OCc6ccc(N(c7ccc8c(c7)C(C)(C)c7ccccc7-8)c7cccc8ccccc78)cc6)cc5)cc4)cc3)c3cccc4ccccc34)cc21. The molecule has 0 bridgehead atoms. The summed E-state index contributed by atoms with van der Waals surface area (Å²) in [6, 6.07) is 146. The fourth-order valence-corrected chi connectivity index (χ4v) is 19.9. The minimum Gasteiger partial charge on any atom is -0.489 e. The van der Waals surface area contributed by atoms with Gasteiger partial charge in [-0.2, -0.15) is 0 Å². The summed E-state index contributed by atoms with van der Waals surface area (Å²) in [5.41, 5.74) is 31.4. The smallest absolute Gasteiger partial charge is 0.119 e. The number of nitrogens with zero attached hydrogens (tertiary/aromatic N) is 3. The van der Waals surface area contributed by atoms with Crippen molar-refractivity contribution in [1.29, 1.82) is 0 Å². The van der Waals surface area contributed by atoms with Crippen LogP contribution in [0, 0.1) is 0 Å². The molecule has 18 aromatic carbocycles. The molecular formula is C116H93N3O3. The highest BCUT2D eigenvalue weighted by Crippen LogP contribution is 2.56. The van der Waals surface area contributed by atoms with E-state index in [1.54, 1.807) is 0 Å². The maximum Gasteiger partial charge on any atom is 0.119 e. The molecular weight excluding hydrogens is 1480 g/mol. The van der Waals surface area contributed by atoms with Crippen LogP contribution in [-0.2, 0) is 41.5 Å². The van der Waals surface area contributed by atoms with E-state index in [1.807, 2.05) is 0 Å². The van der Waals surface area contributed by atoms with Gasteiger partial charge in [0.2, 0.25) is 0 Å². The lowest BCUT2D eigenvalue weighted by atomic mass is 9.71. The second kappa shape index (κ2) is 30.1. The van der Waals surface area contributed by atoms with Crippen molar-refractivity contribution in [2.45, 2.75) is 89.9 Å². The van der Waals surface area contributed by atoms with Gasteiger partial charge in [0.25, 0.3) is 0 Å². The van der Waals surface area contributed by atoms with Crippen LogP contribution in [-0.4, -0.2) is 0 Å². The molecule has 3 aliphatic carbocycles. The molecule has 0 spiro atoms. The third kappa shape index (κ3) is 13.0. The Morgan fingerprint density at radius 3 is 0.746 bits per heavy atom. The van der Waals surface area contributed by atoms with Gasteiger partial charge in [0.05, 0.1) is 17.1 Å². The molecule has 6 nitrogen and oxygen atoms in total. The molecule has 122 heavy (non-hydrogen) atoms. The van der Waals surface area contributed by atoms with Crippen LogP contribution in [0.4, 0.5) is 51.2 Å². The third-order valence-corrected chi connectivity index (χ3v) is 26.6. The molecule has 590 valence electrons. The Labute approximate surface area is 715 Å². The Bertz CT molecular complexity index is 6360. The van der Waals surface area contributed by atoms with E-state index in [-0.39, 0.29) is 16.2 Å². The molecule has 0 N–H and O–H groups in total. The minimum atomic E-state index is -0.616. The second-order valence-corrected chi connectivity index (χ2v) is 34.8. The zero-order valence-corrected chi connectivity index (χ0v) is 69.8. The van der Waals surface area contributed by atoms with Crippen molar-refractivity contribution in [3.8, 4) is 50.6 Å². The van der Waals surface area contributed by atoms with Crippen LogP contribution >= 0.6 is 0 Å². The fourth-order valence-electron chi connectivity index (χ4n) is 19.9. The van der Waals surface area contributed by atoms with E-state index in [1.165, 1.54) is 99.1 Å². The Hall–Kier alpha value is -14.5. The average molecular weight is 1580 g/mol. The van der Waals surface area contributed by atoms with Gasteiger partial charge in [0.15, 0.2) is 0 Å². The number of hydrogen-bond acceptors (Lipinski definition) is 6. The van der Waals surface area contributed by atoms with Gasteiger partial charge in [0, 0.05) is 71.9 Å². The fraction of sp³-hybridized carbons (Fsp3) is 0.121. The Morgan fingerprint density at radius 1 is 0.221 bits per heavy atom. The lowest BCUT2D eigenvalue weighted by molar-refractivity contribution is 0.306. The van der Waals surface area contributed by atoms with Crippen molar-refractivity contribution in [3.63, 3.8) is 0 Å². The second-order valence-electron chi connectivity index (χ2n) is 34.8. The number of ether oxygens (including phenoxy) is 3. The first-order chi connectivity index (χ1) is 59.6. The van der Waals surface area contributed by atoms with Crippen LogP contribution in [0.3, 0.4) is 0 Å². The molecule has 6 heteroatoms. The van der Waals surface area contributed by atoms with Crippen molar-refractivity contribution in [2.75, 3.05) is 14.7 Å². The Morgan fingerprint density at radius 2 is 0.459 bits per heavy atom. The van der Waals surface area contributed by atoms with Gasteiger partial charge in [-0.25, -0.2) is 0 Å². The van der Waals surface area contributed by atoms with Gasteiger partial charge in [-0.15, -0.1) is 0 Å². The van der Waals surface area contributed by atoms with Crippen molar-refractivity contribution in [2.24, 2.45) is 0 Å². The Kier molecular flexibility index (Phi) is 18.5. The molecule has 0 amide bonds. The molecule has 0 saturated carbocycles. The van der Waals surface area contributed by atoms with E-state index < -0.39 is 5.41 Å². The summed E-state index contributed by atoms with van der Waals surface area (Å²) in [6.45, 7) is 17.6. The monoisotopic (exact) mass is 1580 g/mol. The van der Waals surface area contributed by atoms with Gasteiger partial charge in [-0.05, 0) is 251 Å². The number of fused-ring (bicyclic) bond motifs is 12. The van der Waals surface area contributed by atoms with Crippen LogP contribution < -0.4 is 28.9 Å². The number of anilines is 9. The van der Waals surface area contributed by atoms with Crippen molar-refractivity contribution in [3.05, 3.63) is 467 Å². The molecule has 0 unspecified atom stereocenters. The van der Waals surface area contributed by atoms with E-state index in [0.29, 0.717) is 19.8 Å². The molecule has 21 rings (SSSR count). The predicted molar refractivity (Wildman–Crippen MR) is 506 cm³/mol. The predicted octanol–water partition coefficient (Wildman–Crippen LogP) is 30.6. The summed E-state index contributed by atoms with van der Waals surface area (Å²) in [5.74, 6) is 2.35. The van der Waals surface area contributed by atoms with Gasteiger partial charge in [-0.3, -0.25) is 0 Å². The van der Waals surface area contributed by atoms with E-state index in [2.05, 4.69) is 464 Å². The quantitative estimate of drug-likeness (QED) is 0.0668. The maximum atomic E-state index is 6.72. The molecule has 0 heterocycles. The van der Waals surface area contributed by atoms with Crippen LogP contribution in [0.25, 0.3) is 65.7 Å². The van der Waals surface area contributed by atoms with E-state index in [9.17, 15) is 0 Å². The lowest BCUT2D eigenvalue weighted by Crippen LogP contribution is -2.25. The topological polar surface area (TPSA) is 37.4 Å². The standard InChI is InChI=1S/C116H93N3O3/c1-113(2)104-35-17-14-32-98(104)101-68-59-89(71-107(101)113)117(110-38-20-26-80-23-8-11-29-95(80)110)86-53-41-77(42-54-86)74-120-92-62-47-83(48-63-92)116(7,84-49-64-93(65-50-84)121-75-78-43-55-87(56-44-78)118(111-39-21-27-81-24-9-12-30-96(81)111)90-60-69-102-99-33-15-18-36-105(99)114(3,4)108(102)72-90)85-51-66-94(67-52-85)122-76-79-45-57-88(58-46-79)119(112-40-22-28-82-25-10-13-31-97(82)112)91-61-70-103-100-34-16-19-37-106(100)115(5,6)109(103)73-91/h8-73H,74-76H2,1-7H3. The van der Waals surface area contributed by atoms with Crippen molar-refractivity contribution in [1.82, 2.24) is 0 Å². The number of benzene rings is 18. The normalized spacial score (nSPS) is 13.5. The maximum absolute atomic E-state index is 6.72. The summed E-state index contributed by atoms with van der Waals surface area (Å²) >= 11 is 0. The highest BCUT2D eigenvalue weighted by atomic mass is 16.5. The largest absolute Gasteiger partial charge is 0.489 e. The molecule has 3 aliphatic rings. The van der Waals surface area contributed by atoms with Gasteiger partial charge >= 0.3 is 0 Å². The molecule has 0 saturated heterocycles. The average Bonchev–Trinajstić information content (AvgIpc) is 1.59. The van der Waals surface area contributed by atoms with Crippen LogP contribution in [0.15, 0.2) is 400 Å². The summed E-state index contributed by atoms with van der Waals surface area (Å²) < 4.78 is 20.2. The number of rotatable bonds is 21. The van der Waals surface area contributed by atoms with E-state index in [4.69, 9.17) is 14.2 Å². The minimum absolute atomic E-state index is 0.146. The summed E-state index contributed by atoms with van der Waals surface area (Å²) in [5, 5.41) is 7.17. The molecule has 0 atom stereocenters. The van der Waals surface area contributed by atoms with E-state index >= 15 is 0 Å². The van der Waals surface area contributed by atoms with Crippen molar-refractivity contribution < 1.29 is 14.2 Å². The van der Waals surface area contributed by atoms with Crippen LogP contribution in [0.5, 0.6) is 17.2 Å². The zero-order valence-electron chi connectivity index (χ0n) is 69.8. The number of hydrogen-bond donors (Lipinski definition) is 0. The summed E-state index contributed by atoms with van der Waals surface area (Å²) in [7, 11) is 0. The highest BCUT2D eigenvalue weighted by Gasteiger charge is 2.40. The van der Waals surface area contributed by atoms with Crippen LogP contribution in [0.2, 0.25) is 0 Å². The molecule has 0 radical (unpaired) electrons.